The van der Waals surface area contributed by atoms with Crippen LogP contribution >= 0.6 is 0 Å². The van der Waals surface area contributed by atoms with Gasteiger partial charge in [0.05, 0.1) is 11.9 Å². The number of likely N-dealkylation sites (tertiary alicyclic amines) is 1. The van der Waals surface area contributed by atoms with Crippen molar-refractivity contribution >= 4 is 33.8 Å². The summed E-state index contributed by atoms with van der Waals surface area (Å²) in [5, 5.41) is 2.24. The predicted octanol–water partition coefficient (Wildman–Crippen LogP) is 6.61. The van der Waals surface area contributed by atoms with Gasteiger partial charge < -0.3 is 23.7 Å². The largest absolute Gasteiger partial charge is 0.358 e. The molecule has 5 aromatic rings. The first kappa shape index (κ1) is 33.0. The molecule has 0 spiro atoms. The SMILES string of the molecule is CN(C)C(=O)Cc1cn(C2CCCCO2)c2ccc(-c3ccnc4c3cc(CN3CCC(c5ccc(C(=O)N(C)C)cc5)CC3)n4C)cc12. The van der Waals surface area contributed by atoms with Crippen LogP contribution in [0, 0.1) is 0 Å². The maximum absolute atomic E-state index is 12.9. The molecule has 2 aliphatic rings. The molecule has 7 rings (SSSR count). The monoisotopic (exact) mass is 660 g/mol. The third kappa shape index (κ3) is 6.62. The van der Waals surface area contributed by atoms with Gasteiger partial charge in [0.1, 0.15) is 11.9 Å². The van der Waals surface area contributed by atoms with Crippen LogP contribution in [-0.2, 0) is 29.5 Å². The lowest BCUT2D eigenvalue weighted by atomic mass is 9.89. The number of benzene rings is 2. The van der Waals surface area contributed by atoms with Crippen LogP contribution in [0.3, 0.4) is 0 Å². The summed E-state index contributed by atoms with van der Waals surface area (Å²) in [7, 11) is 9.33. The lowest BCUT2D eigenvalue weighted by Crippen LogP contribution is -2.33. The van der Waals surface area contributed by atoms with Crippen molar-refractivity contribution in [2.45, 2.75) is 57.2 Å². The number of piperidine rings is 1. The summed E-state index contributed by atoms with van der Waals surface area (Å²) in [6.07, 6.45) is 9.81. The van der Waals surface area contributed by atoms with E-state index in [9.17, 15) is 9.59 Å². The minimum Gasteiger partial charge on any atom is -0.358 e. The number of hydrogen-bond acceptors (Lipinski definition) is 5. The van der Waals surface area contributed by atoms with Crippen LogP contribution in [0.1, 0.15) is 71.4 Å². The zero-order chi connectivity index (χ0) is 34.2. The molecule has 9 heteroatoms. The number of likely N-dealkylation sites (N-methyl/N-ethyl adjacent to an activating group) is 1. The summed E-state index contributed by atoms with van der Waals surface area (Å²) in [6, 6.07) is 19.3. The van der Waals surface area contributed by atoms with Crippen molar-refractivity contribution in [3.63, 3.8) is 0 Å². The number of nitrogens with zero attached hydrogens (tertiary/aromatic N) is 6. The van der Waals surface area contributed by atoms with E-state index >= 15 is 0 Å². The molecule has 2 aromatic carbocycles. The molecule has 1 atom stereocenters. The molecule has 0 N–H and O–H groups in total. The Bertz CT molecular complexity index is 1970. The van der Waals surface area contributed by atoms with Crippen molar-refractivity contribution in [3.8, 4) is 11.1 Å². The molecular formula is C40H48N6O3. The Hall–Kier alpha value is -4.47. The number of hydrogen-bond donors (Lipinski definition) is 0. The number of aryl methyl sites for hydroxylation is 1. The van der Waals surface area contributed by atoms with E-state index in [1.54, 1.807) is 23.9 Å². The van der Waals surface area contributed by atoms with Gasteiger partial charge in [-0.2, -0.15) is 0 Å². The highest BCUT2D eigenvalue weighted by Crippen LogP contribution is 2.36. The maximum Gasteiger partial charge on any atom is 0.253 e. The van der Waals surface area contributed by atoms with Crippen LogP contribution in [-0.4, -0.2) is 88.5 Å². The number of carbonyl (C=O) groups excluding carboxylic acids is 2. The number of carbonyl (C=O) groups is 2. The zero-order valence-corrected chi connectivity index (χ0v) is 29.5. The van der Waals surface area contributed by atoms with E-state index in [0.29, 0.717) is 12.3 Å². The summed E-state index contributed by atoms with van der Waals surface area (Å²) in [5.41, 5.74) is 8.70. The average molecular weight is 661 g/mol. The first-order valence-corrected chi connectivity index (χ1v) is 17.6. The van der Waals surface area contributed by atoms with Gasteiger partial charge in [-0.1, -0.05) is 18.2 Å². The Kier molecular flexibility index (Phi) is 9.31. The lowest BCUT2D eigenvalue weighted by molar-refractivity contribution is -0.127. The molecule has 0 radical (unpaired) electrons. The van der Waals surface area contributed by atoms with Crippen LogP contribution in [0.2, 0.25) is 0 Å². The number of rotatable bonds is 8. The number of pyridine rings is 1. The molecule has 5 heterocycles. The van der Waals surface area contributed by atoms with Crippen molar-refractivity contribution in [2.75, 3.05) is 47.9 Å². The van der Waals surface area contributed by atoms with E-state index in [0.717, 1.165) is 103 Å². The summed E-state index contributed by atoms with van der Waals surface area (Å²) >= 11 is 0. The van der Waals surface area contributed by atoms with Gasteiger partial charge >= 0.3 is 0 Å². The molecule has 9 nitrogen and oxygen atoms in total. The van der Waals surface area contributed by atoms with E-state index in [1.165, 1.54) is 11.3 Å². The fourth-order valence-electron chi connectivity index (χ4n) is 7.62. The van der Waals surface area contributed by atoms with Gasteiger partial charge in [-0.05, 0) is 110 Å². The minimum absolute atomic E-state index is 0.000932. The Morgan fingerprint density at radius 2 is 1.67 bits per heavy atom. The first-order valence-electron chi connectivity index (χ1n) is 17.6. The molecule has 1 unspecified atom stereocenters. The summed E-state index contributed by atoms with van der Waals surface area (Å²) in [6.45, 7) is 3.69. The Morgan fingerprint density at radius 3 is 2.37 bits per heavy atom. The van der Waals surface area contributed by atoms with Crippen LogP contribution in [0.5, 0.6) is 0 Å². The second-order valence-corrected chi connectivity index (χ2v) is 14.2. The van der Waals surface area contributed by atoms with E-state index < -0.39 is 0 Å². The van der Waals surface area contributed by atoms with Gasteiger partial charge in [0.2, 0.25) is 5.91 Å². The molecule has 0 aliphatic carbocycles. The molecule has 2 aliphatic heterocycles. The van der Waals surface area contributed by atoms with Crippen LogP contribution in [0.25, 0.3) is 33.1 Å². The molecule has 256 valence electrons. The first-order chi connectivity index (χ1) is 23.7. The Balaban J connectivity index is 1.12. The summed E-state index contributed by atoms with van der Waals surface area (Å²) < 4.78 is 10.7. The number of aromatic nitrogens is 3. The predicted molar refractivity (Wildman–Crippen MR) is 195 cm³/mol. The Labute approximate surface area is 289 Å². The van der Waals surface area contributed by atoms with Gasteiger partial charge in [-0.15, -0.1) is 0 Å². The number of fused-ring (bicyclic) bond motifs is 2. The molecule has 2 fully saturated rings. The van der Waals surface area contributed by atoms with Gasteiger partial charge in [0, 0.05) is 82.8 Å². The molecule has 2 saturated heterocycles. The van der Waals surface area contributed by atoms with Gasteiger partial charge in [0.15, 0.2) is 0 Å². The second-order valence-electron chi connectivity index (χ2n) is 14.2. The Morgan fingerprint density at radius 1 is 0.898 bits per heavy atom. The van der Waals surface area contributed by atoms with E-state index in [2.05, 4.69) is 69.7 Å². The molecule has 2 amide bonds. The molecule has 49 heavy (non-hydrogen) atoms. The minimum atomic E-state index is -0.000932. The van der Waals surface area contributed by atoms with Gasteiger partial charge in [0.25, 0.3) is 5.91 Å². The molecular weight excluding hydrogens is 612 g/mol. The summed E-state index contributed by atoms with van der Waals surface area (Å²) in [5.74, 6) is 0.638. The van der Waals surface area contributed by atoms with Crippen molar-refractivity contribution in [2.24, 2.45) is 7.05 Å². The van der Waals surface area contributed by atoms with Crippen molar-refractivity contribution in [3.05, 3.63) is 89.4 Å². The van der Waals surface area contributed by atoms with Crippen molar-refractivity contribution < 1.29 is 14.3 Å². The highest BCUT2D eigenvalue weighted by molar-refractivity contribution is 5.98. The summed E-state index contributed by atoms with van der Waals surface area (Å²) in [4.78, 5) is 35.8. The quantitative estimate of drug-likeness (QED) is 0.187. The fraction of sp³-hybridized carbons (Fsp3) is 0.425. The lowest BCUT2D eigenvalue weighted by Gasteiger charge is -2.32. The smallest absolute Gasteiger partial charge is 0.253 e. The van der Waals surface area contributed by atoms with E-state index in [-0.39, 0.29) is 18.0 Å². The topological polar surface area (TPSA) is 75.8 Å². The third-order valence-corrected chi connectivity index (χ3v) is 10.6. The highest BCUT2D eigenvalue weighted by atomic mass is 16.5. The van der Waals surface area contributed by atoms with Crippen molar-refractivity contribution in [1.29, 1.82) is 0 Å². The normalized spacial score (nSPS) is 17.5. The second kappa shape index (κ2) is 13.8. The number of amides is 2. The maximum atomic E-state index is 12.9. The van der Waals surface area contributed by atoms with Crippen LogP contribution in [0.15, 0.2) is 67.0 Å². The van der Waals surface area contributed by atoms with E-state index in [4.69, 9.17) is 9.72 Å². The van der Waals surface area contributed by atoms with E-state index in [1.807, 2.05) is 32.4 Å². The standard InChI is InChI=1S/C40H48N6O3/c1-42(2)37(47)23-31-25-46(38-8-6-7-21-49-38)36-14-13-30(22-34(31)36)33-15-18-41-39-35(33)24-32(44(39)5)26-45-19-16-28(17-20-45)27-9-11-29(12-10-27)40(48)43(3)4/h9-15,18,22,24-25,28,38H,6-8,16-17,19-21,23,26H2,1-5H3. The zero-order valence-electron chi connectivity index (χ0n) is 29.5. The molecule has 0 saturated carbocycles. The molecule has 0 bridgehead atoms. The van der Waals surface area contributed by atoms with Crippen LogP contribution in [0.4, 0.5) is 0 Å². The van der Waals surface area contributed by atoms with Gasteiger partial charge in [-0.25, -0.2) is 4.98 Å². The number of ether oxygens (including phenoxy) is 1. The van der Waals surface area contributed by atoms with Gasteiger partial charge in [-0.3, -0.25) is 14.5 Å². The highest BCUT2D eigenvalue weighted by Gasteiger charge is 2.24. The fourth-order valence-corrected chi connectivity index (χ4v) is 7.62. The third-order valence-electron chi connectivity index (χ3n) is 10.6. The van der Waals surface area contributed by atoms with Crippen LogP contribution < -0.4 is 0 Å². The average Bonchev–Trinajstić information content (AvgIpc) is 3.64. The molecule has 3 aromatic heterocycles. The van der Waals surface area contributed by atoms with Crippen molar-refractivity contribution in [1.82, 2.24) is 28.8 Å².